The molecular formula is C17H17NO5S. The first kappa shape index (κ1) is 16.3. The van der Waals surface area contributed by atoms with E-state index in [0.717, 1.165) is 5.56 Å². The van der Waals surface area contributed by atoms with E-state index in [1.54, 1.807) is 36.4 Å². The Hall–Kier alpha value is -2.54. The van der Waals surface area contributed by atoms with Gasteiger partial charge in [-0.15, -0.1) is 0 Å². The molecule has 0 saturated heterocycles. The summed E-state index contributed by atoms with van der Waals surface area (Å²) >= 11 is 0. The van der Waals surface area contributed by atoms with Gasteiger partial charge < -0.3 is 9.84 Å². The predicted octanol–water partition coefficient (Wildman–Crippen LogP) is 2.46. The van der Waals surface area contributed by atoms with E-state index in [0.29, 0.717) is 11.4 Å². The van der Waals surface area contributed by atoms with E-state index in [-0.39, 0.29) is 23.8 Å². The second kappa shape index (κ2) is 6.16. The fourth-order valence-electron chi connectivity index (χ4n) is 2.94. The highest BCUT2D eigenvalue weighted by Gasteiger charge is 2.37. The molecule has 0 saturated carbocycles. The summed E-state index contributed by atoms with van der Waals surface area (Å²) in [5, 5.41) is 9.08. The van der Waals surface area contributed by atoms with Crippen LogP contribution < -0.4 is 9.04 Å². The SMILES string of the molecule is COc1ccc(S(=O)(=O)N2C[C@H](CC(=O)O)c3ccccc32)cc1. The summed E-state index contributed by atoms with van der Waals surface area (Å²) in [7, 11) is -2.25. The first-order chi connectivity index (χ1) is 11.4. The van der Waals surface area contributed by atoms with Crippen molar-refractivity contribution in [3.8, 4) is 5.75 Å². The summed E-state index contributed by atoms with van der Waals surface area (Å²) in [6.45, 7) is 0.125. The molecule has 3 rings (SSSR count). The van der Waals surface area contributed by atoms with Crippen LogP contribution in [0.15, 0.2) is 53.4 Å². The van der Waals surface area contributed by atoms with Gasteiger partial charge in [0, 0.05) is 12.5 Å². The number of sulfonamides is 1. The van der Waals surface area contributed by atoms with Crippen molar-refractivity contribution < 1.29 is 23.1 Å². The van der Waals surface area contributed by atoms with E-state index >= 15 is 0 Å². The normalized spacial score (nSPS) is 16.7. The monoisotopic (exact) mass is 347 g/mol. The molecule has 0 aliphatic carbocycles. The maximum Gasteiger partial charge on any atom is 0.304 e. The summed E-state index contributed by atoms with van der Waals surface area (Å²) in [5.41, 5.74) is 1.29. The Morgan fingerprint density at radius 2 is 1.88 bits per heavy atom. The molecule has 2 aromatic carbocycles. The number of para-hydroxylation sites is 1. The highest BCUT2D eigenvalue weighted by molar-refractivity contribution is 7.92. The second-order valence-corrected chi connectivity index (χ2v) is 7.43. The molecule has 2 aromatic rings. The number of carboxylic acid groups (broad SMARTS) is 1. The van der Waals surface area contributed by atoms with E-state index in [2.05, 4.69) is 0 Å². The molecule has 0 spiro atoms. The highest BCUT2D eigenvalue weighted by atomic mass is 32.2. The van der Waals surface area contributed by atoms with Crippen LogP contribution in [0, 0.1) is 0 Å². The number of methoxy groups -OCH3 is 1. The molecule has 0 unspecified atom stereocenters. The molecular weight excluding hydrogens is 330 g/mol. The second-order valence-electron chi connectivity index (χ2n) is 5.57. The minimum absolute atomic E-state index is 0.106. The third-order valence-corrected chi connectivity index (χ3v) is 5.89. The van der Waals surface area contributed by atoms with Crippen LogP contribution in [-0.2, 0) is 14.8 Å². The lowest BCUT2D eigenvalue weighted by Crippen LogP contribution is -2.30. The van der Waals surface area contributed by atoms with Gasteiger partial charge in [-0.1, -0.05) is 18.2 Å². The summed E-state index contributed by atoms with van der Waals surface area (Å²) in [6.07, 6.45) is -0.106. The topological polar surface area (TPSA) is 83.9 Å². The summed E-state index contributed by atoms with van der Waals surface area (Å²) < 4.78 is 32.3. The van der Waals surface area contributed by atoms with Crippen LogP contribution >= 0.6 is 0 Å². The van der Waals surface area contributed by atoms with E-state index < -0.39 is 16.0 Å². The molecule has 1 aliphatic heterocycles. The number of carbonyl (C=O) groups is 1. The number of hydrogen-bond acceptors (Lipinski definition) is 4. The predicted molar refractivity (Wildman–Crippen MR) is 89.0 cm³/mol. The lowest BCUT2D eigenvalue weighted by atomic mass is 9.98. The molecule has 1 atom stereocenters. The number of aliphatic carboxylic acids is 1. The van der Waals surface area contributed by atoms with Gasteiger partial charge in [0.25, 0.3) is 10.0 Å². The standard InChI is InChI=1S/C17H17NO5S/c1-23-13-6-8-14(9-7-13)24(21,22)18-11-12(10-17(19)20)15-4-2-3-5-16(15)18/h2-9,12H,10-11H2,1H3,(H,19,20)/t12-/m0/s1. The zero-order valence-corrected chi connectivity index (χ0v) is 13.9. The van der Waals surface area contributed by atoms with Crippen LogP contribution in [0.1, 0.15) is 17.9 Å². The molecule has 1 heterocycles. The first-order valence-corrected chi connectivity index (χ1v) is 8.85. The van der Waals surface area contributed by atoms with Crippen molar-refractivity contribution in [3.05, 3.63) is 54.1 Å². The van der Waals surface area contributed by atoms with Crippen LogP contribution in [0.3, 0.4) is 0 Å². The minimum Gasteiger partial charge on any atom is -0.497 e. The van der Waals surface area contributed by atoms with Crippen molar-refractivity contribution in [1.29, 1.82) is 0 Å². The number of nitrogens with zero attached hydrogens (tertiary/aromatic N) is 1. The molecule has 0 fully saturated rings. The number of rotatable bonds is 5. The summed E-state index contributed by atoms with van der Waals surface area (Å²) in [5.74, 6) is -0.732. The third-order valence-electron chi connectivity index (χ3n) is 4.10. The molecule has 126 valence electrons. The van der Waals surface area contributed by atoms with Crippen LogP contribution in [0.4, 0.5) is 5.69 Å². The van der Waals surface area contributed by atoms with Crippen molar-refractivity contribution in [2.45, 2.75) is 17.2 Å². The van der Waals surface area contributed by atoms with Gasteiger partial charge in [0.1, 0.15) is 5.75 Å². The first-order valence-electron chi connectivity index (χ1n) is 7.41. The van der Waals surface area contributed by atoms with Gasteiger partial charge in [-0.2, -0.15) is 0 Å². The Bertz CT molecular complexity index is 861. The molecule has 0 bridgehead atoms. The molecule has 0 aromatic heterocycles. The van der Waals surface area contributed by atoms with E-state index in [4.69, 9.17) is 9.84 Å². The maximum absolute atomic E-state index is 13.0. The van der Waals surface area contributed by atoms with Crippen LogP contribution in [0.2, 0.25) is 0 Å². The van der Waals surface area contributed by atoms with Gasteiger partial charge in [0.2, 0.25) is 0 Å². The number of fused-ring (bicyclic) bond motifs is 1. The van der Waals surface area contributed by atoms with Gasteiger partial charge >= 0.3 is 5.97 Å². The maximum atomic E-state index is 13.0. The van der Waals surface area contributed by atoms with Crippen LogP contribution in [0.25, 0.3) is 0 Å². The van der Waals surface area contributed by atoms with Crippen molar-refractivity contribution in [2.24, 2.45) is 0 Å². The minimum atomic E-state index is -3.76. The van der Waals surface area contributed by atoms with Crippen molar-refractivity contribution in [2.75, 3.05) is 18.0 Å². The smallest absolute Gasteiger partial charge is 0.304 e. The lowest BCUT2D eigenvalue weighted by molar-refractivity contribution is -0.137. The molecule has 1 N–H and O–H groups in total. The van der Waals surface area contributed by atoms with Gasteiger partial charge in [-0.3, -0.25) is 9.10 Å². The molecule has 0 amide bonds. The van der Waals surface area contributed by atoms with Crippen molar-refractivity contribution in [3.63, 3.8) is 0 Å². The molecule has 24 heavy (non-hydrogen) atoms. The van der Waals surface area contributed by atoms with Crippen LogP contribution in [0.5, 0.6) is 5.75 Å². The number of anilines is 1. The summed E-state index contributed by atoms with van der Waals surface area (Å²) in [6, 6.07) is 13.2. The van der Waals surface area contributed by atoms with Gasteiger partial charge in [-0.25, -0.2) is 8.42 Å². The Kier molecular flexibility index (Phi) is 4.19. The van der Waals surface area contributed by atoms with E-state index in [9.17, 15) is 13.2 Å². The number of hydrogen-bond donors (Lipinski definition) is 1. The van der Waals surface area contributed by atoms with E-state index in [1.165, 1.54) is 23.5 Å². The third kappa shape index (κ3) is 2.82. The average molecular weight is 347 g/mol. The Morgan fingerprint density at radius 3 is 2.50 bits per heavy atom. The average Bonchev–Trinajstić information content (AvgIpc) is 2.94. The van der Waals surface area contributed by atoms with Crippen molar-refractivity contribution >= 4 is 21.7 Å². The zero-order valence-electron chi connectivity index (χ0n) is 13.0. The molecule has 1 aliphatic rings. The van der Waals surface area contributed by atoms with E-state index in [1.807, 2.05) is 0 Å². The van der Waals surface area contributed by atoms with Gasteiger partial charge in [0.05, 0.1) is 24.1 Å². The fourth-order valence-corrected chi connectivity index (χ4v) is 4.48. The quantitative estimate of drug-likeness (QED) is 0.898. The van der Waals surface area contributed by atoms with Gasteiger partial charge in [-0.05, 0) is 35.9 Å². The molecule has 0 radical (unpaired) electrons. The largest absolute Gasteiger partial charge is 0.497 e. The summed E-state index contributed by atoms with van der Waals surface area (Å²) in [4.78, 5) is 11.2. The number of benzene rings is 2. The zero-order chi connectivity index (χ0) is 17.3. The Balaban J connectivity index is 2.00. The lowest BCUT2D eigenvalue weighted by Gasteiger charge is -2.20. The number of ether oxygens (including phenoxy) is 1. The van der Waals surface area contributed by atoms with Crippen LogP contribution in [-0.4, -0.2) is 33.1 Å². The fraction of sp³-hybridized carbons (Fsp3) is 0.235. The molecule has 7 heteroatoms. The van der Waals surface area contributed by atoms with Crippen molar-refractivity contribution in [1.82, 2.24) is 0 Å². The molecule has 6 nitrogen and oxygen atoms in total. The number of carboxylic acids is 1. The van der Waals surface area contributed by atoms with Gasteiger partial charge in [0.15, 0.2) is 0 Å². The highest BCUT2D eigenvalue weighted by Crippen LogP contribution is 2.41. The Morgan fingerprint density at radius 1 is 1.21 bits per heavy atom. The Labute approximate surface area is 140 Å².